The second kappa shape index (κ2) is 8.58. The smallest absolute Gasteiger partial charge is 0.340 e. The molecule has 5 heteroatoms. The number of rotatable bonds is 6. The van der Waals surface area contributed by atoms with E-state index in [1.165, 1.54) is 5.56 Å². The van der Waals surface area contributed by atoms with Gasteiger partial charge < -0.3 is 14.5 Å². The molecule has 0 bridgehead atoms. The van der Waals surface area contributed by atoms with Crippen LogP contribution in [0.15, 0.2) is 51.7 Å². The zero-order valence-electron chi connectivity index (χ0n) is 18.4. The van der Waals surface area contributed by atoms with Crippen molar-refractivity contribution >= 4 is 16.9 Å². The minimum absolute atomic E-state index is 0.0239. The molecule has 0 unspecified atom stereocenters. The van der Waals surface area contributed by atoms with Crippen molar-refractivity contribution in [2.24, 2.45) is 0 Å². The third kappa shape index (κ3) is 4.82. The molecular weight excluding hydrogens is 390 g/mol. The topological polar surface area (TPSA) is 68.5 Å². The highest BCUT2D eigenvalue weighted by atomic mass is 16.5. The molecule has 0 saturated carbocycles. The van der Waals surface area contributed by atoms with Crippen LogP contribution < -0.4 is 15.7 Å². The maximum atomic E-state index is 12.6. The third-order valence-electron chi connectivity index (χ3n) is 6.00. The number of hydrogen-bond donors (Lipinski definition) is 1. The Morgan fingerprint density at radius 3 is 2.71 bits per heavy atom. The molecule has 0 radical (unpaired) electrons. The summed E-state index contributed by atoms with van der Waals surface area (Å²) in [6.45, 7) is 6.58. The molecule has 0 aliphatic carbocycles. The third-order valence-corrected chi connectivity index (χ3v) is 6.00. The Labute approximate surface area is 182 Å². The fourth-order valence-corrected chi connectivity index (χ4v) is 4.13. The van der Waals surface area contributed by atoms with E-state index in [0.29, 0.717) is 17.7 Å². The summed E-state index contributed by atoms with van der Waals surface area (Å²) in [5, 5.41) is 3.79. The van der Waals surface area contributed by atoms with Gasteiger partial charge in [0.15, 0.2) is 0 Å². The van der Waals surface area contributed by atoms with Gasteiger partial charge in [0.25, 0.3) is 0 Å². The van der Waals surface area contributed by atoms with Crippen molar-refractivity contribution in [1.82, 2.24) is 5.32 Å². The molecule has 0 fully saturated rings. The van der Waals surface area contributed by atoms with Crippen molar-refractivity contribution in [3.63, 3.8) is 0 Å². The maximum Gasteiger partial charge on any atom is 0.340 e. The lowest BCUT2D eigenvalue weighted by Gasteiger charge is -2.32. The van der Waals surface area contributed by atoms with Gasteiger partial charge in [-0.25, -0.2) is 4.79 Å². The van der Waals surface area contributed by atoms with Crippen LogP contribution in [0.1, 0.15) is 48.9 Å². The molecule has 1 aliphatic rings. The van der Waals surface area contributed by atoms with Crippen LogP contribution in [0.3, 0.4) is 0 Å². The number of ether oxygens (including phenoxy) is 1. The average Bonchev–Trinajstić information content (AvgIpc) is 2.73. The van der Waals surface area contributed by atoms with Crippen LogP contribution in [0.2, 0.25) is 0 Å². The van der Waals surface area contributed by atoms with Gasteiger partial charge >= 0.3 is 5.63 Å². The predicted octanol–water partition coefficient (Wildman–Crippen LogP) is 4.50. The summed E-state index contributed by atoms with van der Waals surface area (Å²) in [5.74, 6) is 0.612. The van der Waals surface area contributed by atoms with E-state index in [2.05, 4.69) is 31.3 Å². The van der Waals surface area contributed by atoms with Gasteiger partial charge in [-0.05, 0) is 69.2 Å². The largest absolute Gasteiger partial charge is 0.487 e. The fourth-order valence-electron chi connectivity index (χ4n) is 4.13. The molecule has 1 N–H and O–H groups in total. The van der Waals surface area contributed by atoms with Crippen LogP contribution in [-0.4, -0.2) is 18.1 Å². The minimum atomic E-state index is -0.459. The van der Waals surface area contributed by atoms with E-state index in [4.69, 9.17) is 9.15 Å². The molecule has 2 aromatic carbocycles. The van der Waals surface area contributed by atoms with E-state index in [1.807, 2.05) is 37.3 Å². The van der Waals surface area contributed by atoms with E-state index < -0.39 is 5.63 Å². The summed E-state index contributed by atoms with van der Waals surface area (Å²) in [5.41, 5.74) is 3.40. The molecule has 1 aromatic heterocycles. The Balaban J connectivity index is 1.46. The first-order valence-electron chi connectivity index (χ1n) is 10.9. The summed E-state index contributed by atoms with van der Waals surface area (Å²) in [6.07, 6.45) is 3.62. The molecule has 0 spiro atoms. The second-order valence-electron chi connectivity index (χ2n) is 8.93. The van der Waals surface area contributed by atoms with Gasteiger partial charge in [-0.3, -0.25) is 4.79 Å². The van der Waals surface area contributed by atoms with Crippen LogP contribution >= 0.6 is 0 Å². The number of carbonyl (C=O) groups excluding carboxylic acids is 1. The Hall–Kier alpha value is -3.08. The van der Waals surface area contributed by atoms with Gasteiger partial charge in [0.2, 0.25) is 5.91 Å². The van der Waals surface area contributed by atoms with Crippen LogP contribution in [-0.2, 0) is 24.1 Å². The van der Waals surface area contributed by atoms with Crippen molar-refractivity contribution < 1.29 is 13.9 Å². The molecule has 162 valence electrons. The lowest BCUT2D eigenvalue weighted by atomic mass is 9.92. The van der Waals surface area contributed by atoms with Crippen LogP contribution in [0.5, 0.6) is 5.75 Å². The highest BCUT2D eigenvalue weighted by molar-refractivity contribution is 5.86. The Bertz CT molecular complexity index is 1160. The number of nitrogens with one attached hydrogen (secondary N) is 1. The van der Waals surface area contributed by atoms with E-state index in [9.17, 15) is 9.59 Å². The number of fused-ring (bicyclic) bond motifs is 2. The first kappa shape index (κ1) is 21.2. The van der Waals surface area contributed by atoms with E-state index >= 15 is 0 Å². The van der Waals surface area contributed by atoms with Gasteiger partial charge in [0, 0.05) is 18.0 Å². The molecule has 5 nitrogen and oxygen atoms in total. The normalized spacial score (nSPS) is 14.7. The monoisotopic (exact) mass is 419 g/mol. The number of benzene rings is 2. The van der Waals surface area contributed by atoms with E-state index in [-0.39, 0.29) is 17.9 Å². The van der Waals surface area contributed by atoms with Gasteiger partial charge in [-0.2, -0.15) is 0 Å². The SMILES string of the molecule is Cc1c(CC(=O)NCCCc2ccccc2)c(=O)oc2cc3c(cc12)CCC(C)(C)O3. The summed E-state index contributed by atoms with van der Waals surface area (Å²) in [7, 11) is 0. The first-order valence-corrected chi connectivity index (χ1v) is 10.9. The van der Waals surface area contributed by atoms with Crippen molar-refractivity contribution in [2.75, 3.05) is 6.54 Å². The van der Waals surface area contributed by atoms with Crippen molar-refractivity contribution in [3.05, 3.63) is 75.1 Å². The Morgan fingerprint density at radius 1 is 1.16 bits per heavy atom. The number of amides is 1. The number of carbonyl (C=O) groups is 1. The first-order chi connectivity index (χ1) is 14.8. The molecule has 0 atom stereocenters. The van der Waals surface area contributed by atoms with Crippen molar-refractivity contribution in [2.45, 2.75) is 58.5 Å². The Morgan fingerprint density at radius 2 is 1.94 bits per heavy atom. The van der Waals surface area contributed by atoms with Crippen molar-refractivity contribution in [3.8, 4) is 5.75 Å². The predicted molar refractivity (Wildman–Crippen MR) is 122 cm³/mol. The summed E-state index contributed by atoms with van der Waals surface area (Å²) >= 11 is 0. The molecule has 2 heterocycles. The summed E-state index contributed by atoms with van der Waals surface area (Å²) in [4.78, 5) is 25.1. The lowest BCUT2D eigenvalue weighted by molar-refractivity contribution is -0.120. The quantitative estimate of drug-likeness (QED) is 0.472. The van der Waals surface area contributed by atoms with Crippen LogP contribution in [0.4, 0.5) is 0 Å². The van der Waals surface area contributed by atoms with Gasteiger partial charge in [-0.15, -0.1) is 0 Å². The zero-order valence-corrected chi connectivity index (χ0v) is 18.4. The molecule has 1 amide bonds. The average molecular weight is 420 g/mol. The summed E-state index contributed by atoms with van der Waals surface area (Å²) in [6, 6.07) is 14.0. The van der Waals surface area contributed by atoms with Crippen molar-refractivity contribution in [1.29, 1.82) is 0 Å². The van der Waals surface area contributed by atoms with Crippen LogP contribution in [0, 0.1) is 6.92 Å². The standard InChI is InChI=1S/C26H29NO4/c1-17-20-14-19-11-12-26(2,3)31-22(19)16-23(20)30-25(29)21(17)15-24(28)27-13-7-10-18-8-5-4-6-9-18/h4-6,8-9,14,16H,7,10-13,15H2,1-3H3,(H,27,28). The van der Waals surface area contributed by atoms with E-state index in [0.717, 1.165) is 47.9 Å². The molecular formula is C26H29NO4. The molecule has 3 aromatic rings. The highest BCUT2D eigenvalue weighted by Gasteiger charge is 2.27. The fraction of sp³-hybridized carbons (Fsp3) is 0.385. The minimum Gasteiger partial charge on any atom is -0.487 e. The number of aryl methyl sites for hydroxylation is 3. The Kier molecular flexibility index (Phi) is 5.86. The molecule has 0 saturated heterocycles. The van der Waals surface area contributed by atoms with E-state index in [1.54, 1.807) is 0 Å². The number of hydrogen-bond acceptors (Lipinski definition) is 4. The molecule has 1 aliphatic heterocycles. The zero-order chi connectivity index (χ0) is 22.0. The highest BCUT2D eigenvalue weighted by Crippen LogP contribution is 2.36. The molecule has 4 rings (SSSR count). The van der Waals surface area contributed by atoms with Gasteiger partial charge in [0.1, 0.15) is 16.9 Å². The van der Waals surface area contributed by atoms with Crippen LogP contribution in [0.25, 0.3) is 11.0 Å². The second-order valence-corrected chi connectivity index (χ2v) is 8.93. The summed E-state index contributed by atoms with van der Waals surface area (Å²) < 4.78 is 11.6. The van der Waals surface area contributed by atoms with Gasteiger partial charge in [0.05, 0.1) is 12.0 Å². The lowest BCUT2D eigenvalue weighted by Crippen LogP contribution is -2.32. The maximum absolute atomic E-state index is 12.6. The van der Waals surface area contributed by atoms with Gasteiger partial charge in [-0.1, -0.05) is 30.3 Å². The molecule has 31 heavy (non-hydrogen) atoms.